The molecule has 3 nitrogen and oxygen atoms in total. The second kappa shape index (κ2) is 5.65. The summed E-state index contributed by atoms with van der Waals surface area (Å²) in [5.74, 6) is 0. The van der Waals surface area contributed by atoms with Gasteiger partial charge < -0.3 is 9.84 Å². The van der Waals surface area contributed by atoms with Crippen molar-refractivity contribution in [2.24, 2.45) is 0 Å². The largest absolute Gasteiger partial charge is 0.356 e. The summed E-state index contributed by atoms with van der Waals surface area (Å²) >= 11 is 0. The van der Waals surface area contributed by atoms with Crippen LogP contribution in [0.4, 0.5) is 0 Å². The quantitative estimate of drug-likeness (QED) is 0.562. The van der Waals surface area contributed by atoms with E-state index in [9.17, 15) is 0 Å². The summed E-state index contributed by atoms with van der Waals surface area (Å²) in [7, 11) is 0. The Morgan fingerprint density at radius 2 is 2.10 bits per heavy atom. The highest BCUT2D eigenvalue weighted by Gasteiger charge is 2.04. The summed E-state index contributed by atoms with van der Waals surface area (Å²) in [6.07, 6.45) is 0.185. The molecule has 0 aromatic carbocycles. The molecule has 0 rings (SSSR count). The van der Waals surface area contributed by atoms with Crippen LogP contribution in [-0.4, -0.2) is 24.2 Å². The van der Waals surface area contributed by atoms with Gasteiger partial charge in [0.1, 0.15) is 0 Å². The molecule has 2 N–H and O–H groups in total. The number of hydrogen-bond acceptors (Lipinski definition) is 3. The fraction of sp³-hybridized carbons (Fsp3) is 1.00. The van der Waals surface area contributed by atoms with Gasteiger partial charge in [-0.05, 0) is 20.3 Å². The van der Waals surface area contributed by atoms with Crippen molar-refractivity contribution in [2.75, 3.05) is 6.61 Å². The minimum absolute atomic E-state index is 0.307. The van der Waals surface area contributed by atoms with Gasteiger partial charge in [0.25, 0.3) is 0 Å². The van der Waals surface area contributed by atoms with E-state index in [1.54, 1.807) is 0 Å². The Morgan fingerprint density at radius 1 is 1.50 bits per heavy atom. The van der Waals surface area contributed by atoms with Crippen LogP contribution in [0.15, 0.2) is 0 Å². The molecule has 10 heavy (non-hydrogen) atoms. The molecule has 0 aromatic heterocycles. The number of hydrogen-bond donors (Lipinski definition) is 2. The van der Waals surface area contributed by atoms with Crippen LogP contribution >= 0.6 is 0 Å². The Labute approximate surface area is 62.4 Å². The van der Waals surface area contributed by atoms with Crippen LogP contribution in [0, 0.1) is 0 Å². The van der Waals surface area contributed by atoms with Gasteiger partial charge in [0, 0.05) is 12.6 Å². The average molecular weight is 147 g/mol. The molecule has 2 atom stereocenters. The molecule has 0 radical (unpaired) electrons. The minimum atomic E-state index is -0.806. The third-order valence-electron chi connectivity index (χ3n) is 1.36. The highest BCUT2D eigenvalue weighted by atomic mass is 16.6. The molecule has 0 aromatic rings. The third-order valence-corrected chi connectivity index (χ3v) is 1.36. The first-order chi connectivity index (χ1) is 4.70. The zero-order valence-corrected chi connectivity index (χ0v) is 6.92. The summed E-state index contributed by atoms with van der Waals surface area (Å²) in [6.45, 7) is 6.44. The number of ether oxygens (including phenoxy) is 1. The van der Waals surface area contributed by atoms with Gasteiger partial charge in [0.15, 0.2) is 0 Å². The maximum absolute atomic E-state index is 9.02. The molecule has 0 bridgehead atoms. The number of aliphatic hydroxyl groups excluding tert-OH is 1. The predicted molar refractivity (Wildman–Crippen MR) is 40.5 cm³/mol. The zero-order chi connectivity index (χ0) is 7.98. The monoisotopic (exact) mass is 147 g/mol. The van der Waals surface area contributed by atoms with Crippen molar-refractivity contribution in [3.8, 4) is 0 Å². The minimum Gasteiger partial charge on any atom is -0.356 e. The van der Waals surface area contributed by atoms with Crippen molar-refractivity contribution in [3.63, 3.8) is 0 Å². The molecule has 0 aliphatic rings. The van der Waals surface area contributed by atoms with Crippen LogP contribution in [0.2, 0.25) is 0 Å². The lowest BCUT2D eigenvalue weighted by Gasteiger charge is -2.16. The maximum atomic E-state index is 9.02. The van der Waals surface area contributed by atoms with E-state index in [0.29, 0.717) is 12.6 Å². The van der Waals surface area contributed by atoms with Crippen LogP contribution in [0.3, 0.4) is 0 Å². The van der Waals surface area contributed by atoms with Crippen molar-refractivity contribution in [3.05, 3.63) is 0 Å². The van der Waals surface area contributed by atoms with Gasteiger partial charge in [0.2, 0.25) is 6.41 Å². The van der Waals surface area contributed by atoms with E-state index in [1.165, 1.54) is 0 Å². The first-order valence-electron chi connectivity index (χ1n) is 3.76. The van der Waals surface area contributed by atoms with Crippen LogP contribution in [0.5, 0.6) is 0 Å². The van der Waals surface area contributed by atoms with E-state index in [4.69, 9.17) is 9.84 Å². The lowest BCUT2D eigenvalue weighted by molar-refractivity contribution is -0.121. The van der Waals surface area contributed by atoms with E-state index < -0.39 is 6.41 Å². The molecular formula is C7H17NO2. The van der Waals surface area contributed by atoms with Crippen molar-refractivity contribution < 1.29 is 9.84 Å². The topological polar surface area (TPSA) is 41.5 Å². The molecule has 0 spiro atoms. The van der Waals surface area contributed by atoms with Gasteiger partial charge in [-0.25, -0.2) is 0 Å². The van der Waals surface area contributed by atoms with Gasteiger partial charge in [-0.15, -0.1) is 0 Å². The second-order valence-corrected chi connectivity index (χ2v) is 2.28. The average Bonchev–Trinajstić information content (AvgIpc) is 1.88. The highest BCUT2D eigenvalue weighted by Crippen LogP contribution is 1.90. The van der Waals surface area contributed by atoms with Crippen molar-refractivity contribution in [1.29, 1.82) is 0 Å². The van der Waals surface area contributed by atoms with Gasteiger partial charge in [-0.2, -0.15) is 0 Å². The van der Waals surface area contributed by atoms with Gasteiger partial charge in [-0.3, -0.25) is 5.32 Å². The van der Waals surface area contributed by atoms with E-state index in [0.717, 1.165) is 6.42 Å². The predicted octanol–water partition coefficient (Wildman–Crippen LogP) is 0.687. The Bertz CT molecular complexity index is 78.0. The summed E-state index contributed by atoms with van der Waals surface area (Å²) < 4.78 is 4.86. The Balaban J connectivity index is 3.27. The smallest absolute Gasteiger partial charge is 0.213 e. The van der Waals surface area contributed by atoms with Crippen LogP contribution in [-0.2, 0) is 4.74 Å². The summed E-state index contributed by atoms with van der Waals surface area (Å²) in [4.78, 5) is 0. The molecule has 0 fully saturated rings. The summed E-state index contributed by atoms with van der Waals surface area (Å²) in [5.41, 5.74) is 0. The Hall–Kier alpha value is -0.120. The first-order valence-corrected chi connectivity index (χ1v) is 3.76. The van der Waals surface area contributed by atoms with Crippen LogP contribution < -0.4 is 5.32 Å². The van der Waals surface area contributed by atoms with Gasteiger partial charge in [-0.1, -0.05) is 6.92 Å². The van der Waals surface area contributed by atoms with Crippen molar-refractivity contribution in [2.45, 2.75) is 39.6 Å². The number of aliphatic hydroxyl groups is 1. The second-order valence-electron chi connectivity index (χ2n) is 2.28. The Morgan fingerprint density at radius 3 is 2.50 bits per heavy atom. The van der Waals surface area contributed by atoms with E-state index in [2.05, 4.69) is 12.2 Å². The van der Waals surface area contributed by atoms with Crippen LogP contribution in [0.1, 0.15) is 27.2 Å². The highest BCUT2D eigenvalue weighted by molar-refractivity contribution is 4.54. The summed E-state index contributed by atoms with van der Waals surface area (Å²) in [5, 5.41) is 11.9. The fourth-order valence-electron chi connectivity index (χ4n) is 0.567. The maximum Gasteiger partial charge on any atom is 0.213 e. The number of nitrogens with one attached hydrogen (secondary N) is 1. The SMILES string of the molecule is CCOC(O)NC(C)CC. The standard InChI is InChI=1S/C7H17NO2/c1-4-6(3)8-7(9)10-5-2/h6-9H,4-5H2,1-3H3. The summed E-state index contributed by atoms with van der Waals surface area (Å²) in [6, 6.07) is 0.307. The van der Waals surface area contributed by atoms with Crippen molar-refractivity contribution in [1.82, 2.24) is 5.32 Å². The number of rotatable bonds is 5. The molecular weight excluding hydrogens is 130 g/mol. The first kappa shape index (κ1) is 9.88. The fourth-order valence-corrected chi connectivity index (χ4v) is 0.567. The lowest BCUT2D eigenvalue weighted by atomic mass is 10.3. The molecule has 0 saturated heterocycles. The molecule has 0 amide bonds. The molecule has 0 aliphatic heterocycles. The molecule has 0 heterocycles. The van der Waals surface area contributed by atoms with Gasteiger partial charge in [0.05, 0.1) is 0 Å². The van der Waals surface area contributed by atoms with E-state index >= 15 is 0 Å². The molecule has 0 aliphatic carbocycles. The molecule has 0 saturated carbocycles. The van der Waals surface area contributed by atoms with E-state index in [-0.39, 0.29) is 0 Å². The zero-order valence-electron chi connectivity index (χ0n) is 6.92. The van der Waals surface area contributed by atoms with Crippen molar-refractivity contribution >= 4 is 0 Å². The van der Waals surface area contributed by atoms with Gasteiger partial charge >= 0.3 is 0 Å². The lowest BCUT2D eigenvalue weighted by Crippen LogP contribution is -2.37. The van der Waals surface area contributed by atoms with Crippen LogP contribution in [0.25, 0.3) is 0 Å². The molecule has 3 heteroatoms. The Kier molecular flexibility index (Phi) is 5.58. The third kappa shape index (κ3) is 4.73. The van der Waals surface area contributed by atoms with E-state index in [1.807, 2.05) is 13.8 Å². The normalized spacial score (nSPS) is 16.8. The molecule has 62 valence electrons. The molecule has 2 unspecified atom stereocenters.